The Balaban J connectivity index is 0.00000225. The summed E-state index contributed by atoms with van der Waals surface area (Å²) < 4.78 is 1.71. The van der Waals surface area contributed by atoms with Gasteiger partial charge in [0.25, 0.3) is 5.56 Å². The van der Waals surface area contributed by atoms with Gasteiger partial charge in [0, 0.05) is 32.4 Å². The molecule has 0 N–H and O–H groups in total. The Morgan fingerprint density at radius 1 is 0.929 bits per heavy atom. The molecule has 6 heteroatoms. The largest absolute Gasteiger partial charge is 0.367 e. The summed E-state index contributed by atoms with van der Waals surface area (Å²) in [4.78, 5) is 17.7. The molecular formula is C22H31ClN4O. The first-order valence-electron chi connectivity index (χ1n) is 10.4. The van der Waals surface area contributed by atoms with Crippen molar-refractivity contribution in [2.75, 3.05) is 31.1 Å². The van der Waals surface area contributed by atoms with Gasteiger partial charge in [0.15, 0.2) is 0 Å². The van der Waals surface area contributed by atoms with Crippen LogP contribution in [0.4, 0.5) is 5.69 Å². The third kappa shape index (κ3) is 5.15. The fourth-order valence-corrected chi connectivity index (χ4v) is 4.36. The zero-order valence-electron chi connectivity index (χ0n) is 16.5. The van der Waals surface area contributed by atoms with Crippen molar-refractivity contribution in [2.24, 2.45) is 5.92 Å². The number of nitrogens with zero attached hydrogens (tertiary/aromatic N) is 4. The maximum absolute atomic E-state index is 12.9. The molecule has 28 heavy (non-hydrogen) atoms. The summed E-state index contributed by atoms with van der Waals surface area (Å²) in [6, 6.07) is 12.6. The van der Waals surface area contributed by atoms with Crippen LogP contribution in [0.2, 0.25) is 0 Å². The maximum atomic E-state index is 12.9. The molecule has 0 unspecified atom stereocenters. The zero-order chi connectivity index (χ0) is 18.5. The summed E-state index contributed by atoms with van der Waals surface area (Å²) in [7, 11) is 0. The van der Waals surface area contributed by atoms with E-state index in [2.05, 4.69) is 45.2 Å². The second-order valence-corrected chi connectivity index (χ2v) is 7.96. The normalized spacial score (nSPS) is 18.6. The van der Waals surface area contributed by atoms with E-state index in [9.17, 15) is 4.79 Å². The van der Waals surface area contributed by atoms with Crippen LogP contribution in [0.5, 0.6) is 0 Å². The van der Waals surface area contributed by atoms with Crippen LogP contribution in [0.15, 0.2) is 47.4 Å². The summed E-state index contributed by atoms with van der Waals surface area (Å²) in [5.74, 6) is 0.541. The van der Waals surface area contributed by atoms with E-state index < -0.39 is 0 Å². The first-order valence-corrected chi connectivity index (χ1v) is 10.4. The van der Waals surface area contributed by atoms with E-state index in [1.54, 1.807) is 10.9 Å². The Kier molecular flexibility index (Phi) is 7.51. The predicted octanol–water partition coefficient (Wildman–Crippen LogP) is 3.57. The van der Waals surface area contributed by atoms with Crippen LogP contribution in [-0.2, 0) is 13.1 Å². The molecular weight excluding hydrogens is 372 g/mol. The number of likely N-dealkylation sites (tertiary alicyclic amines) is 1. The number of benzene rings is 1. The predicted molar refractivity (Wildman–Crippen MR) is 116 cm³/mol. The van der Waals surface area contributed by atoms with Gasteiger partial charge in [-0.05, 0) is 62.7 Å². The molecule has 5 nitrogen and oxygen atoms in total. The minimum atomic E-state index is 0. The summed E-state index contributed by atoms with van der Waals surface area (Å²) in [6.07, 6.45) is 7.71. The molecule has 0 radical (unpaired) electrons. The topological polar surface area (TPSA) is 41.4 Å². The zero-order valence-corrected chi connectivity index (χ0v) is 17.3. The van der Waals surface area contributed by atoms with Crippen molar-refractivity contribution in [3.05, 3.63) is 58.5 Å². The average molecular weight is 403 g/mol. The molecule has 0 aliphatic carbocycles. The summed E-state index contributed by atoms with van der Waals surface area (Å²) in [6.45, 7) is 5.96. The molecule has 2 saturated heterocycles. The summed E-state index contributed by atoms with van der Waals surface area (Å²) >= 11 is 0. The Morgan fingerprint density at radius 2 is 1.64 bits per heavy atom. The molecule has 0 atom stereocenters. The lowest BCUT2D eigenvalue weighted by Gasteiger charge is -2.32. The Hall–Kier alpha value is -1.85. The van der Waals surface area contributed by atoms with E-state index in [1.807, 2.05) is 6.07 Å². The molecule has 0 amide bonds. The highest BCUT2D eigenvalue weighted by atomic mass is 35.5. The average Bonchev–Trinajstić information content (AvgIpc) is 2.72. The Morgan fingerprint density at radius 3 is 2.36 bits per heavy atom. The van der Waals surface area contributed by atoms with Crippen molar-refractivity contribution >= 4 is 18.1 Å². The van der Waals surface area contributed by atoms with E-state index in [0.717, 1.165) is 57.8 Å². The number of hydrogen-bond acceptors (Lipinski definition) is 4. The standard InChI is InChI=1S/C22H30N4O.ClH/c27-22-21(25-13-5-2-6-14-25)9-12-23-26(22)18-20-10-15-24(16-11-20)17-19-7-3-1-4-8-19;/h1,3-4,7-9,12,20H,2,5-6,10-11,13-18H2;1H. The van der Waals surface area contributed by atoms with E-state index in [4.69, 9.17) is 0 Å². The number of anilines is 1. The maximum Gasteiger partial charge on any atom is 0.290 e. The second kappa shape index (κ2) is 10.1. The molecule has 2 aliphatic heterocycles. The van der Waals surface area contributed by atoms with E-state index in [1.165, 1.54) is 24.8 Å². The Labute approximate surface area is 173 Å². The summed E-state index contributed by atoms with van der Waals surface area (Å²) in [5.41, 5.74) is 2.31. The van der Waals surface area contributed by atoms with Crippen LogP contribution >= 0.6 is 12.4 Å². The van der Waals surface area contributed by atoms with Gasteiger partial charge in [0.1, 0.15) is 5.69 Å². The van der Waals surface area contributed by atoms with Gasteiger partial charge in [-0.15, -0.1) is 12.4 Å². The highest BCUT2D eigenvalue weighted by Gasteiger charge is 2.22. The number of aromatic nitrogens is 2. The highest BCUT2D eigenvalue weighted by molar-refractivity contribution is 5.85. The number of piperidine rings is 2. The lowest BCUT2D eigenvalue weighted by molar-refractivity contribution is 0.163. The van der Waals surface area contributed by atoms with Crippen molar-refractivity contribution in [3.8, 4) is 0 Å². The summed E-state index contributed by atoms with van der Waals surface area (Å²) in [5, 5.41) is 4.38. The first-order chi connectivity index (χ1) is 13.3. The van der Waals surface area contributed by atoms with Crippen LogP contribution in [0.1, 0.15) is 37.7 Å². The molecule has 0 bridgehead atoms. The van der Waals surface area contributed by atoms with Crippen molar-refractivity contribution in [3.63, 3.8) is 0 Å². The Bertz CT molecular complexity index is 781. The van der Waals surface area contributed by atoms with Crippen LogP contribution in [0.3, 0.4) is 0 Å². The van der Waals surface area contributed by atoms with Gasteiger partial charge in [0.05, 0.1) is 0 Å². The van der Waals surface area contributed by atoms with Gasteiger partial charge < -0.3 is 4.90 Å². The minimum Gasteiger partial charge on any atom is -0.367 e. The van der Waals surface area contributed by atoms with Gasteiger partial charge >= 0.3 is 0 Å². The monoisotopic (exact) mass is 402 g/mol. The first kappa shape index (κ1) is 20.9. The van der Waals surface area contributed by atoms with Gasteiger partial charge in [-0.3, -0.25) is 9.69 Å². The molecule has 152 valence electrons. The van der Waals surface area contributed by atoms with E-state index in [-0.39, 0.29) is 18.0 Å². The molecule has 2 fully saturated rings. The number of halogens is 1. The fourth-order valence-electron chi connectivity index (χ4n) is 4.36. The smallest absolute Gasteiger partial charge is 0.290 e. The molecule has 3 heterocycles. The van der Waals surface area contributed by atoms with Gasteiger partial charge in [-0.1, -0.05) is 30.3 Å². The lowest BCUT2D eigenvalue weighted by Crippen LogP contribution is -2.39. The van der Waals surface area contributed by atoms with Gasteiger partial charge in [0.2, 0.25) is 0 Å². The lowest BCUT2D eigenvalue weighted by atomic mass is 9.96. The van der Waals surface area contributed by atoms with Gasteiger partial charge in [-0.25, -0.2) is 4.68 Å². The molecule has 2 aliphatic rings. The van der Waals surface area contributed by atoms with Crippen molar-refractivity contribution in [1.82, 2.24) is 14.7 Å². The molecule has 0 saturated carbocycles. The molecule has 2 aromatic rings. The van der Waals surface area contributed by atoms with Crippen LogP contribution < -0.4 is 10.5 Å². The van der Waals surface area contributed by atoms with Crippen molar-refractivity contribution in [1.29, 1.82) is 0 Å². The van der Waals surface area contributed by atoms with Crippen LogP contribution in [-0.4, -0.2) is 40.9 Å². The molecule has 4 rings (SSSR count). The van der Waals surface area contributed by atoms with Gasteiger partial charge in [-0.2, -0.15) is 5.10 Å². The third-order valence-electron chi connectivity index (χ3n) is 5.98. The van der Waals surface area contributed by atoms with Crippen molar-refractivity contribution in [2.45, 2.75) is 45.2 Å². The number of rotatable bonds is 5. The molecule has 1 aromatic heterocycles. The minimum absolute atomic E-state index is 0. The fraction of sp³-hybridized carbons (Fsp3) is 0.545. The second-order valence-electron chi connectivity index (χ2n) is 7.96. The highest BCUT2D eigenvalue weighted by Crippen LogP contribution is 2.21. The number of hydrogen-bond donors (Lipinski definition) is 0. The van der Waals surface area contributed by atoms with E-state index in [0.29, 0.717) is 5.92 Å². The van der Waals surface area contributed by atoms with Crippen LogP contribution in [0, 0.1) is 5.92 Å². The quantitative estimate of drug-likeness (QED) is 0.766. The van der Waals surface area contributed by atoms with E-state index >= 15 is 0 Å². The van der Waals surface area contributed by atoms with Crippen LogP contribution in [0.25, 0.3) is 0 Å². The SMILES string of the molecule is Cl.O=c1c(N2CCCCC2)ccnn1CC1CCN(Cc2ccccc2)CC1. The molecule has 1 aromatic carbocycles. The molecule has 0 spiro atoms. The third-order valence-corrected chi connectivity index (χ3v) is 5.98. The van der Waals surface area contributed by atoms with Crippen molar-refractivity contribution < 1.29 is 0 Å².